The van der Waals surface area contributed by atoms with Crippen LogP contribution in [0.3, 0.4) is 0 Å². The Hall–Kier alpha value is -0.980. The van der Waals surface area contributed by atoms with E-state index < -0.39 is 0 Å². The zero-order valence-electron chi connectivity index (χ0n) is 9.48. The highest BCUT2D eigenvalue weighted by Gasteiger charge is 2.20. The van der Waals surface area contributed by atoms with Gasteiger partial charge in [-0.25, -0.2) is 0 Å². The van der Waals surface area contributed by atoms with Crippen LogP contribution in [-0.2, 0) is 6.42 Å². The normalized spacial score (nSPS) is 20.1. The summed E-state index contributed by atoms with van der Waals surface area (Å²) in [6.07, 6.45) is 1.17. The monoisotopic (exact) mass is 190 g/mol. The second-order valence-corrected chi connectivity index (χ2v) is 4.56. The summed E-state index contributed by atoms with van der Waals surface area (Å²) in [4.78, 5) is 0. The number of rotatable bonds is 0. The lowest BCUT2D eigenvalue weighted by Crippen LogP contribution is -2.20. The van der Waals surface area contributed by atoms with Crippen LogP contribution in [-0.4, -0.2) is 6.61 Å². The minimum absolute atomic E-state index is 0.656. The molecule has 1 atom stereocenters. The van der Waals surface area contributed by atoms with Crippen molar-refractivity contribution in [1.29, 1.82) is 0 Å². The Labute approximate surface area is 86.1 Å². The van der Waals surface area contributed by atoms with Gasteiger partial charge >= 0.3 is 0 Å². The van der Waals surface area contributed by atoms with Crippen LogP contribution in [0.4, 0.5) is 0 Å². The third-order valence-corrected chi connectivity index (χ3v) is 3.18. The highest BCUT2D eigenvalue weighted by atomic mass is 16.5. The summed E-state index contributed by atoms with van der Waals surface area (Å²) >= 11 is 0. The van der Waals surface area contributed by atoms with Gasteiger partial charge in [-0.05, 0) is 55.4 Å². The summed E-state index contributed by atoms with van der Waals surface area (Å²) in [5, 5.41) is 0. The number of fused-ring (bicyclic) bond motifs is 1. The molecule has 2 rings (SSSR count). The molecule has 0 aromatic heterocycles. The molecule has 76 valence electrons. The van der Waals surface area contributed by atoms with Crippen molar-refractivity contribution in [3.63, 3.8) is 0 Å². The van der Waals surface area contributed by atoms with Crippen LogP contribution in [0, 0.1) is 26.7 Å². The van der Waals surface area contributed by atoms with Gasteiger partial charge in [0.05, 0.1) is 6.61 Å². The molecule has 0 amide bonds. The first kappa shape index (κ1) is 9.57. The van der Waals surface area contributed by atoms with Crippen LogP contribution < -0.4 is 4.74 Å². The van der Waals surface area contributed by atoms with Gasteiger partial charge < -0.3 is 4.74 Å². The Morgan fingerprint density at radius 1 is 1.21 bits per heavy atom. The average molecular weight is 190 g/mol. The fourth-order valence-corrected chi connectivity index (χ4v) is 2.19. The van der Waals surface area contributed by atoms with Crippen LogP contribution in [0.15, 0.2) is 6.07 Å². The van der Waals surface area contributed by atoms with Crippen molar-refractivity contribution in [3.8, 4) is 5.75 Å². The van der Waals surface area contributed by atoms with Gasteiger partial charge in [0.25, 0.3) is 0 Å². The van der Waals surface area contributed by atoms with E-state index in [4.69, 9.17) is 4.74 Å². The van der Waals surface area contributed by atoms with Crippen molar-refractivity contribution in [2.45, 2.75) is 34.1 Å². The third kappa shape index (κ3) is 1.41. The summed E-state index contributed by atoms with van der Waals surface area (Å²) in [5.41, 5.74) is 5.47. The lowest BCUT2D eigenvalue weighted by atomic mass is 9.91. The molecule has 0 N–H and O–H groups in total. The summed E-state index contributed by atoms with van der Waals surface area (Å²) in [5.74, 6) is 1.81. The predicted octanol–water partition coefficient (Wildman–Crippen LogP) is 3.18. The highest BCUT2D eigenvalue weighted by molar-refractivity contribution is 5.50. The van der Waals surface area contributed by atoms with Gasteiger partial charge in [0.2, 0.25) is 0 Å². The maximum atomic E-state index is 5.83. The van der Waals surface area contributed by atoms with Gasteiger partial charge in [-0.3, -0.25) is 0 Å². The maximum Gasteiger partial charge on any atom is 0.125 e. The number of benzene rings is 1. The lowest BCUT2D eigenvalue weighted by molar-refractivity contribution is 0.231. The zero-order chi connectivity index (χ0) is 10.3. The third-order valence-electron chi connectivity index (χ3n) is 3.18. The van der Waals surface area contributed by atoms with Crippen LogP contribution in [0.25, 0.3) is 0 Å². The Balaban J connectivity index is 2.57. The molecule has 1 heterocycles. The largest absolute Gasteiger partial charge is 0.493 e. The second-order valence-electron chi connectivity index (χ2n) is 4.56. The van der Waals surface area contributed by atoms with E-state index in [1.165, 1.54) is 28.7 Å². The van der Waals surface area contributed by atoms with E-state index in [1.54, 1.807) is 0 Å². The lowest BCUT2D eigenvalue weighted by Gasteiger charge is -2.26. The first-order chi connectivity index (χ1) is 6.59. The SMILES string of the molecule is Cc1cc(C)c2c(c1C)OCC(C)C2. The molecule has 1 heteroatoms. The molecule has 1 nitrogen and oxygen atoms in total. The van der Waals surface area contributed by atoms with Crippen molar-refractivity contribution in [2.24, 2.45) is 5.92 Å². The van der Waals surface area contributed by atoms with Crippen LogP contribution in [0.2, 0.25) is 0 Å². The van der Waals surface area contributed by atoms with E-state index in [1.807, 2.05) is 0 Å². The number of hydrogen-bond acceptors (Lipinski definition) is 1. The molecule has 0 bridgehead atoms. The Morgan fingerprint density at radius 3 is 2.64 bits per heavy atom. The molecule has 1 aromatic carbocycles. The molecular formula is C13H18O. The number of aryl methyl sites for hydroxylation is 2. The summed E-state index contributed by atoms with van der Waals surface area (Å²) in [6, 6.07) is 2.27. The smallest absolute Gasteiger partial charge is 0.125 e. The summed E-state index contributed by atoms with van der Waals surface area (Å²) in [6.45, 7) is 9.62. The molecule has 0 saturated heterocycles. The minimum Gasteiger partial charge on any atom is -0.493 e. The van der Waals surface area contributed by atoms with Gasteiger partial charge in [0.15, 0.2) is 0 Å². The molecule has 0 radical (unpaired) electrons. The van der Waals surface area contributed by atoms with E-state index in [2.05, 4.69) is 33.8 Å². The number of ether oxygens (including phenoxy) is 1. The minimum atomic E-state index is 0.656. The van der Waals surface area contributed by atoms with Crippen molar-refractivity contribution in [2.75, 3.05) is 6.61 Å². The van der Waals surface area contributed by atoms with Crippen LogP contribution in [0.5, 0.6) is 5.75 Å². The van der Waals surface area contributed by atoms with Gasteiger partial charge in [0, 0.05) is 0 Å². The molecule has 1 aliphatic rings. The van der Waals surface area contributed by atoms with Crippen LogP contribution in [0.1, 0.15) is 29.2 Å². The first-order valence-electron chi connectivity index (χ1n) is 5.32. The van der Waals surface area contributed by atoms with E-state index in [9.17, 15) is 0 Å². The predicted molar refractivity (Wildman–Crippen MR) is 59.0 cm³/mol. The molecule has 0 saturated carbocycles. The quantitative estimate of drug-likeness (QED) is 0.610. The molecule has 0 aliphatic carbocycles. The first-order valence-corrected chi connectivity index (χ1v) is 5.32. The van der Waals surface area contributed by atoms with E-state index >= 15 is 0 Å². The summed E-state index contributed by atoms with van der Waals surface area (Å²) in [7, 11) is 0. The van der Waals surface area contributed by atoms with Crippen molar-refractivity contribution >= 4 is 0 Å². The van der Waals surface area contributed by atoms with E-state index in [-0.39, 0.29) is 0 Å². The Bertz CT molecular complexity index is 366. The van der Waals surface area contributed by atoms with Gasteiger partial charge in [-0.2, -0.15) is 0 Å². The molecule has 0 fully saturated rings. The topological polar surface area (TPSA) is 9.23 Å². The fraction of sp³-hybridized carbons (Fsp3) is 0.538. The molecule has 14 heavy (non-hydrogen) atoms. The Kier molecular flexibility index (Phi) is 2.26. The molecule has 1 aromatic rings. The van der Waals surface area contributed by atoms with Crippen molar-refractivity contribution in [3.05, 3.63) is 28.3 Å². The number of hydrogen-bond donors (Lipinski definition) is 0. The molecule has 0 spiro atoms. The van der Waals surface area contributed by atoms with Gasteiger partial charge in [-0.15, -0.1) is 0 Å². The van der Waals surface area contributed by atoms with Gasteiger partial charge in [0.1, 0.15) is 5.75 Å². The second kappa shape index (κ2) is 3.30. The Morgan fingerprint density at radius 2 is 1.93 bits per heavy atom. The maximum absolute atomic E-state index is 5.83. The molecular weight excluding hydrogens is 172 g/mol. The van der Waals surface area contributed by atoms with Crippen molar-refractivity contribution in [1.82, 2.24) is 0 Å². The molecule has 1 aliphatic heterocycles. The van der Waals surface area contributed by atoms with Crippen LogP contribution >= 0.6 is 0 Å². The average Bonchev–Trinajstić information content (AvgIpc) is 2.14. The van der Waals surface area contributed by atoms with E-state index in [0.717, 1.165) is 12.4 Å². The van der Waals surface area contributed by atoms with E-state index in [0.29, 0.717) is 5.92 Å². The highest BCUT2D eigenvalue weighted by Crippen LogP contribution is 2.34. The fourth-order valence-electron chi connectivity index (χ4n) is 2.19. The van der Waals surface area contributed by atoms with Gasteiger partial charge in [-0.1, -0.05) is 13.0 Å². The van der Waals surface area contributed by atoms with Crippen molar-refractivity contribution < 1.29 is 4.74 Å². The standard InChI is InChI=1S/C13H18O/c1-8-5-12-10(3)6-9(2)11(4)13(12)14-7-8/h6,8H,5,7H2,1-4H3. The zero-order valence-corrected chi connectivity index (χ0v) is 9.48. The molecule has 1 unspecified atom stereocenters. The summed E-state index contributed by atoms with van der Waals surface area (Å²) < 4.78 is 5.83.